The Balaban J connectivity index is 1.57. The summed E-state index contributed by atoms with van der Waals surface area (Å²) in [7, 11) is 0. The molecule has 1 fully saturated rings. The number of carbonyl (C=O) groups excluding carboxylic acids is 1. The van der Waals surface area contributed by atoms with Gasteiger partial charge in [0.25, 0.3) is 0 Å². The fourth-order valence-electron chi connectivity index (χ4n) is 3.15. The Bertz CT molecular complexity index is 708. The number of benzene rings is 2. The maximum absolute atomic E-state index is 13.8. The second kappa shape index (κ2) is 8.12. The molecule has 2 amide bonds. The van der Waals surface area contributed by atoms with Crippen molar-refractivity contribution in [2.75, 3.05) is 6.61 Å². The van der Waals surface area contributed by atoms with Gasteiger partial charge in [-0.25, -0.2) is 9.18 Å². The minimum absolute atomic E-state index is 0.0360. The van der Waals surface area contributed by atoms with Crippen LogP contribution in [0.1, 0.15) is 42.3 Å². The van der Waals surface area contributed by atoms with Crippen molar-refractivity contribution in [3.8, 4) is 0 Å². The van der Waals surface area contributed by atoms with Crippen LogP contribution in [-0.4, -0.2) is 23.8 Å². The van der Waals surface area contributed by atoms with E-state index in [9.17, 15) is 9.18 Å². The summed E-state index contributed by atoms with van der Waals surface area (Å²) in [4.78, 5) is 12.3. The van der Waals surface area contributed by atoms with Gasteiger partial charge < -0.3 is 15.7 Å². The van der Waals surface area contributed by atoms with Gasteiger partial charge in [0.1, 0.15) is 5.82 Å². The summed E-state index contributed by atoms with van der Waals surface area (Å²) < 4.78 is 13.8. The Hall–Kier alpha value is -2.40. The largest absolute Gasteiger partial charge is 0.396 e. The van der Waals surface area contributed by atoms with Crippen molar-refractivity contribution in [1.29, 1.82) is 0 Å². The van der Waals surface area contributed by atoms with Gasteiger partial charge in [0.2, 0.25) is 0 Å². The van der Waals surface area contributed by atoms with Gasteiger partial charge in [-0.2, -0.15) is 0 Å². The van der Waals surface area contributed by atoms with Gasteiger partial charge in [0.05, 0.1) is 6.04 Å². The summed E-state index contributed by atoms with van der Waals surface area (Å²) in [5.41, 5.74) is 1.67. The predicted octanol–water partition coefficient (Wildman–Crippen LogP) is 3.49. The third-order valence-electron chi connectivity index (χ3n) is 4.57. The molecule has 2 aromatic rings. The highest BCUT2D eigenvalue weighted by Gasteiger charge is 2.41. The highest BCUT2D eigenvalue weighted by molar-refractivity contribution is 5.75. The van der Waals surface area contributed by atoms with E-state index in [1.54, 1.807) is 12.1 Å². The number of aliphatic hydroxyl groups excluding tert-OH is 1. The number of amides is 2. The van der Waals surface area contributed by atoms with Crippen molar-refractivity contribution in [1.82, 2.24) is 10.6 Å². The number of nitrogens with one attached hydrogen (secondary N) is 2. The standard InChI is InChI=1S/C20H23FN2O2/c21-17-10-5-4-9-15(17)16-13-19(16)23-20(25)22-18(11-6-12-24)14-7-2-1-3-8-14/h1-5,7-10,16,18-19,24H,6,11-13H2,(H2,22,23,25). The fourth-order valence-corrected chi connectivity index (χ4v) is 3.15. The van der Waals surface area contributed by atoms with Crippen molar-refractivity contribution in [3.05, 3.63) is 71.5 Å². The van der Waals surface area contributed by atoms with Crippen molar-refractivity contribution in [2.45, 2.75) is 37.3 Å². The summed E-state index contributed by atoms with van der Waals surface area (Å²) in [6.07, 6.45) is 2.03. The number of urea groups is 1. The van der Waals surface area contributed by atoms with Crippen LogP contribution in [0.4, 0.5) is 9.18 Å². The molecule has 0 bridgehead atoms. The van der Waals surface area contributed by atoms with Gasteiger partial charge in [-0.1, -0.05) is 48.5 Å². The van der Waals surface area contributed by atoms with Crippen LogP contribution >= 0.6 is 0 Å². The van der Waals surface area contributed by atoms with E-state index in [1.807, 2.05) is 36.4 Å². The van der Waals surface area contributed by atoms with Crippen molar-refractivity contribution < 1.29 is 14.3 Å². The highest BCUT2D eigenvalue weighted by atomic mass is 19.1. The molecular formula is C20H23FN2O2. The predicted molar refractivity (Wildman–Crippen MR) is 94.7 cm³/mol. The molecule has 132 valence electrons. The number of halogens is 1. The van der Waals surface area contributed by atoms with E-state index in [0.29, 0.717) is 18.4 Å². The van der Waals surface area contributed by atoms with E-state index in [1.165, 1.54) is 6.07 Å². The molecule has 1 aliphatic carbocycles. The topological polar surface area (TPSA) is 61.4 Å². The quantitative estimate of drug-likeness (QED) is 0.721. The van der Waals surface area contributed by atoms with Gasteiger partial charge in [0.15, 0.2) is 0 Å². The van der Waals surface area contributed by atoms with Gasteiger partial charge in [-0.15, -0.1) is 0 Å². The van der Waals surface area contributed by atoms with Gasteiger partial charge in [-0.05, 0) is 36.5 Å². The molecule has 0 heterocycles. The molecule has 1 saturated carbocycles. The molecule has 0 aliphatic heterocycles. The maximum Gasteiger partial charge on any atom is 0.315 e. The molecule has 3 atom stereocenters. The second-order valence-corrected chi connectivity index (χ2v) is 6.42. The van der Waals surface area contributed by atoms with Crippen LogP contribution in [0, 0.1) is 5.82 Å². The van der Waals surface area contributed by atoms with Crippen LogP contribution in [0.15, 0.2) is 54.6 Å². The molecule has 3 unspecified atom stereocenters. The smallest absolute Gasteiger partial charge is 0.315 e. The minimum Gasteiger partial charge on any atom is -0.396 e. The van der Waals surface area contributed by atoms with Gasteiger partial charge in [-0.3, -0.25) is 0 Å². The Morgan fingerprint density at radius 2 is 1.88 bits per heavy atom. The van der Waals surface area contributed by atoms with Crippen LogP contribution in [-0.2, 0) is 0 Å². The van der Waals surface area contributed by atoms with E-state index < -0.39 is 0 Å². The Labute approximate surface area is 147 Å². The summed E-state index contributed by atoms with van der Waals surface area (Å²) >= 11 is 0. The van der Waals surface area contributed by atoms with Crippen LogP contribution in [0.2, 0.25) is 0 Å². The zero-order valence-electron chi connectivity index (χ0n) is 14.0. The average Bonchev–Trinajstić information content (AvgIpc) is 3.38. The first kappa shape index (κ1) is 17.4. The molecular weight excluding hydrogens is 319 g/mol. The zero-order valence-corrected chi connectivity index (χ0v) is 14.0. The molecule has 0 saturated heterocycles. The normalized spacial score (nSPS) is 19.9. The van der Waals surface area contributed by atoms with Crippen molar-refractivity contribution in [3.63, 3.8) is 0 Å². The lowest BCUT2D eigenvalue weighted by Gasteiger charge is -2.19. The molecule has 0 radical (unpaired) electrons. The number of rotatable bonds is 7. The van der Waals surface area contributed by atoms with E-state index >= 15 is 0 Å². The van der Waals surface area contributed by atoms with Crippen LogP contribution in [0.5, 0.6) is 0 Å². The Kier molecular flexibility index (Phi) is 5.66. The first-order valence-electron chi connectivity index (χ1n) is 8.66. The molecule has 1 aliphatic rings. The summed E-state index contributed by atoms with van der Waals surface area (Å²) in [5, 5.41) is 15.0. The monoisotopic (exact) mass is 342 g/mol. The van der Waals surface area contributed by atoms with Gasteiger partial charge >= 0.3 is 6.03 Å². The van der Waals surface area contributed by atoms with Gasteiger partial charge in [0, 0.05) is 18.6 Å². The minimum atomic E-state index is -0.254. The molecule has 2 aromatic carbocycles. The van der Waals surface area contributed by atoms with Crippen molar-refractivity contribution in [2.24, 2.45) is 0 Å². The highest BCUT2D eigenvalue weighted by Crippen LogP contribution is 2.41. The third-order valence-corrected chi connectivity index (χ3v) is 4.57. The SMILES string of the molecule is O=C(NC(CCCO)c1ccccc1)NC1CC1c1ccccc1F. The van der Waals surface area contributed by atoms with Crippen LogP contribution in [0.3, 0.4) is 0 Å². The first-order chi connectivity index (χ1) is 12.2. The van der Waals surface area contributed by atoms with E-state index in [2.05, 4.69) is 10.6 Å². The molecule has 3 rings (SSSR count). The lowest BCUT2D eigenvalue weighted by atomic mass is 10.0. The molecule has 4 nitrogen and oxygen atoms in total. The van der Waals surface area contributed by atoms with E-state index in [4.69, 9.17) is 5.11 Å². The fraction of sp³-hybridized carbons (Fsp3) is 0.350. The Morgan fingerprint density at radius 1 is 1.16 bits per heavy atom. The van der Waals surface area contributed by atoms with Crippen molar-refractivity contribution >= 4 is 6.03 Å². The summed E-state index contributed by atoms with van der Waals surface area (Å²) in [6.45, 7) is 0.0879. The van der Waals surface area contributed by atoms with E-state index in [-0.39, 0.29) is 36.5 Å². The Morgan fingerprint density at radius 3 is 2.60 bits per heavy atom. The maximum atomic E-state index is 13.8. The molecule has 5 heteroatoms. The lowest BCUT2D eigenvalue weighted by molar-refractivity contribution is 0.232. The average molecular weight is 342 g/mol. The number of carbonyl (C=O) groups is 1. The summed E-state index contributed by atoms with van der Waals surface area (Å²) in [5.74, 6) is -0.179. The van der Waals surface area contributed by atoms with Crippen LogP contribution < -0.4 is 10.6 Å². The number of aliphatic hydroxyl groups is 1. The first-order valence-corrected chi connectivity index (χ1v) is 8.66. The lowest BCUT2D eigenvalue weighted by Crippen LogP contribution is -2.39. The summed E-state index contributed by atoms with van der Waals surface area (Å²) in [6, 6.07) is 16.0. The molecule has 3 N–H and O–H groups in total. The third kappa shape index (κ3) is 4.57. The molecule has 25 heavy (non-hydrogen) atoms. The second-order valence-electron chi connectivity index (χ2n) is 6.42. The van der Waals surface area contributed by atoms with Crippen LogP contribution in [0.25, 0.3) is 0 Å². The number of hydrogen-bond donors (Lipinski definition) is 3. The van der Waals surface area contributed by atoms with E-state index in [0.717, 1.165) is 12.0 Å². The molecule has 0 aromatic heterocycles. The number of hydrogen-bond acceptors (Lipinski definition) is 2. The molecule has 0 spiro atoms. The zero-order chi connectivity index (χ0) is 17.6.